The number of hydrogen-bond acceptors (Lipinski definition) is 15. The fraction of sp³-hybridized carbons (Fsp3) is 0.200. The Kier molecular flexibility index (Phi) is 10.5. The number of carbonyl (C=O) groups excluding carboxylic acids is 3. The van der Waals surface area contributed by atoms with E-state index in [0.717, 1.165) is 18.2 Å². The van der Waals surface area contributed by atoms with Crippen LogP contribution in [-0.2, 0) is 42.9 Å². The molecule has 2 saturated heterocycles. The first-order valence-corrected chi connectivity index (χ1v) is 15.0. The van der Waals surface area contributed by atoms with Crippen LogP contribution < -0.4 is 0 Å². The molecule has 5 atom stereocenters. The number of esters is 3. The van der Waals surface area contributed by atoms with Gasteiger partial charge in [0, 0.05) is 18.2 Å². The number of rotatable bonds is 11. The van der Waals surface area contributed by atoms with Crippen LogP contribution in [0.1, 0.15) is 23.1 Å². The van der Waals surface area contributed by atoms with E-state index in [1.165, 1.54) is 72.8 Å². The average Bonchev–Trinajstić information content (AvgIpc) is 3.41. The smallest absolute Gasteiger partial charge is 0.364 e. The highest BCUT2D eigenvalue weighted by molar-refractivity contribution is 5.89. The van der Waals surface area contributed by atoms with Gasteiger partial charge in [-0.15, -0.1) is 0 Å². The van der Waals surface area contributed by atoms with Crippen molar-refractivity contribution in [2.24, 2.45) is 0 Å². The van der Waals surface area contributed by atoms with E-state index >= 15 is 0 Å². The molecular weight excluding hydrogens is 676 g/mol. The Morgan fingerprint density at radius 3 is 1.55 bits per heavy atom. The molecule has 3 aromatic carbocycles. The quantitative estimate of drug-likeness (QED) is 0.0655. The molecule has 7 N–H and O–H groups in total. The van der Waals surface area contributed by atoms with Crippen molar-refractivity contribution in [2.75, 3.05) is 6.61 Å². The highest BCUT2D eigenvalue weighted by Gasteiger charge is 2.64. The second-order valence-corrected chi connectivity index (χ2v) is 11.3. The van der Waals surface area contributed by atoms with Crippen molar-refractivity contribution in [2.45, 2.75) is 36.6 Å². The van der Waals surface area contributed by atoms with Gasteiger partial charge in [-0.05, 0) is 71.3 Å². The van der Waals surface area contributed by atoms with E-state index in [-0.39, 0.29) is 17.2 Å². The summed E-state index contributed by atoms with van der Waals surface area (Å²) in [7, 11) is 0. The lowest BCUT2D eigenvalue weighted by Gasteiger charge is -2.37. The van der Waals surface area contributed by atoms with Gasteiger partial charge < -0.3 is 59.4 Å². The minimum Gasteiger partial charge on any atom is -0.504 e. The monoisotopic (exact) mass is 706 g/mol. The van der Waals surface area contributed by atoms with Gasteiger partial charge in [-0.2, -0.15) is 0 Å². The third-order valence-electron chi connectivity index (χ3n) is 7.66. The second-order valence-electron chi connectivity index (χ2n) is 11.3. The zero-order chi connectivity index (χ0) is 36.9. The van der Waals surface area contributed by atoms with Crippen molar-refractivity contribution >= 4 is 42.1 Å². The number of aliphatic carboxylic acids is 1. The van der Waals surface area contributed by atoms with Crippen LogP contribution >= 0.6 is 0 Å². The summed E-state index contributed by atoms with van der Waals surface area (Å²) in [5, 5.41) is 67.7. The lowest BCUT2D eigenvalue weighted by Crippen LogP contribution is -2.56. The molecule has 0 unspecified atom stereocenters. The average molecular weight is 707 g/mol. The van der Waals surface area contributed by atoms with Crippen LogP contribution in [0.5, 0.6) is 34.5 Å². The van der Waals surface area contributed by atoms with E-state index in [2.05, 4.69) is 0 Å². The van der Waals surface area contributed by atoms with Crippen molar-refractivity contribution in [3.63, 3.8) is 0 Å². The molecule has 5 rings (SSSR count). The highest BCUT2D eigenvalue weighted by atomic mass is 16.8. The topological polar surface area (TPSA) is 256 Å². The van der Waals surface area contributed by atoms with Gasteiger partial charge in [0.2, 0.25) is 0 Å². The van der Waals surface area contributed by atoms with Gasteiger partial charge in [0.05, 0.1) is 6.42 Å². The molecule has 2 aliphatic rings. The summed E-state index contributed by atoms with van der Waals surface area (Å²) in [6.45, 7) is -0.606. The van der Waals surface area contributed by atoms with E-state index in [1.54, 1.807) is 0 Å². The summed E-state index contributed by atoms with van der Waals surface area (Å²) in [5.74, 6) is -9.42. The van der Waals surface area contributed by atoms with Gasteiger partial charge in [-0.3, -0.25) is 0 Å². The number of fused-ring (bicyclic) bond motifs is 2. The number of phenolic OH excluding ortho intramolecular Hbond substituents is 6. The number of carboxylic acids is 1. The molecule has 2 heterocycles. The summed E-state index contributed by atoms with van der Waals surface area (Å²) in [6.07, 6.45) is 0.192. The lowest BCUT2D eigenvalue weighted by molar-refractivity contribution is -0.250. The first-order chi connectivity index (χ1) is 24.2. The molecule has 0 amide bonds. The van der Waals surface area contributed by atoms with Gasteiger partial charge in [0.25, 0.3) is 5.79 Å². The summed E-state index contributed by atoms with van der Waals surface area (Å²) in [4.78, 5) is 50.9. The molecule has 0 aliphatic carbocycles. The lowest BCUT2D eigenvalue weighted by atomic mass is 9.95. The Labute approximate surface area is 287 Å². The molecule has 2 aliphatic heterocycles. The normalized spacial score (nSPS) is 22.7. The van der Waals surface area contributed by atoms with Crippen LogP contribution in [0.4, 0.5) is 0 Å². The van der Waals surface area contributed by atoms with Gasteiger partial charge >= 0.3 is 23.9 Å². The highest BCUT2D eigenvalue weighted by Crippen LogP contribution is 2.43. The molecule has 0 saturated carbocycles. The molecule has 3 aromatic rings. The van der Waals surface area contributed by atoms with Crippen LogP contribution in [0, 0.1) is 0 Å². The Morgan fingerprint density at radius 1 is 0.647 bits per heavy atom. The fourth-order valence-corrected chi connectivity index (χ4v) is 5.17. The van der Waals surface area contributed by atoms with Crippen molar-refractivity contribution in [1.29, 1.82) is 0 Å². The Balaban J connectivity index is 1.36. The SMILES string of the molecule is O=C(/C=C/c1ccc(O)c(O)c1)OC[C@H]1O[C@]2(C(=O)O)C[C@@H](OC(=O)/C=C/c3ccc(O)c(O)c3)[C@@H](OC(=O)/C=C/c3ccc(O)c(O)c3)[C@H]1O2. The zero-order valence-corrected chi connectivity index (χ0v) is 26.2. The van der Waals surface area contributed by atoms with E-state index < -0.39 is 84.4 Å². The molecule has 2 bridgehead atoms. The molecule has 0 aromatic heterocycles. The summed E-state index contributed by atoms with van der Waals surface area (Å²) in [6, 6.07) is 11.3. The Hall–Kier alpha value is -6.52. The molecule has 0 radical (unpaired) electrons. The van der Waals surface area contributed by atoms with Gasteiger partial charge in [-0.25, -0.2) is 19.2 Å². The van der Waals surface area contributed by atoms with Crippen LogP contribution in [0.25, 0.3) is 18.2 Å². The van der Waals surface area contributed by atoms with Gasteiger partial charge in [0.1, 0.15) is 24.9 Å². The van der Waals surface area contributed by atoms with Gasteiger partial charge in [-0.1, -0.05) is 18.2 Å². The minimum absolute atomic E-state index is 0.296. The number of hydrogen-bond donors (Lipinski definition) is 7. The molecule has 2 fully saturated rings. The summed E-state index contributed by atoms with van der Waals surface area (Å²) >= 11 is 0. The summed E-state index contributed by atoms with van der Waals surface area (Å²) in [5.41, 5.74) is 0.933. The molecular formula is C35H30O16. The first kappa shape index (κ1) is 35.8. The third kappa shape index (κ3) is 8.56. The van der Waals surface area contributed by atoms with E-state index in [4.69, 9.17) is 23.7 Å². The third-order valence-corrected chi connectivity index (χ3v) is 7.66. The second kappa shape index (κ2) is 14.9. The number of phenols is 6. The zero-order valence-electron chi connectivity index (χ0n) is 26.2. The maximum absolute atomic E-state index is 13.0. The van der Waals surface area contributed by atoms with Crippen molar-refractivity contribution < 1.29 is 78.6 Å². The van der Waals surface area contributed by atoms with E-state index in [9.17, 15) is 54.9 Å². The number of carboxylic acid groups (broad SMARTS) is 1. The largest absolute Gasteiger partial charge is 0.504 e. The fourth-order valence-electron chi connectivity index (χ4n) is 5.17. The predicted octanol–water partition coefficient (Wildman–Crippen LogP) is 2.70. The van der Waals surface area contributed by atoms with Crippen LogP contribution in [0.2, 0.25) is 0 Å². The molecule has 266 valence electrons. The number of benzene rings is 3. The number of carbonyl (C=O) groups is 4. The minimum atomic E-state index is -2.40. The van der Waals surface area contributed by atoms with Crippen molar-refractivity contribution in [3.05, 3.63) is 89.5 Å². The van der Waals surface area contributed by atoms with Crippen LogP contribution in [0.3, 0.4) is 0 Å². The maximum Gasteiger partial charge on any atom is 0.364 e. The molecule has 16 heteroatoms. The summed E-state index contributed by atoms with van der Waals surface area (Å²) < 4.78 is 27.8. The number of ether oxygens (including phenoxy) is 5. The molecule has 51 heavy (non-hydrogen) atoms. The Bertz CT molecular complexity index is 1930. The standard InChI is InChI=1S/C35H30O16/c36-21-7-1-18(13-24(21)39)4-10-29(42)47-17-28-33-32(49-31(44)12-6-20-3-9-23(38)26(41)15-20)27(16-35(50-28,51-33)34(45)46)48-30(43)11-5-19-2-8-22(37)25(40)14-19/h1-15,27-28,32-33,36-41H,16-17H2,(H,45,46)/b10-4+,11-5+,12-6+/t27-,28-,32-,33+,35-/m1/s1. The van der Waals surface area contributed by atoms with Crippen molar-refractivity contribution in [3.8, 4) is 34.5 Å². The Morgan fingerprint density at radius 2 is 1.10 bits per heavy atom. The predicted molar refractivity (Wildman–Crippen MR) is 172 cm³/mol. The van der Waals surface area contributed by atoms with Gasteiger partial charge in [0.15, 0.2) is 40.6 Å². The maximum atomic E-state index is 13.0. The van der Waals surface area contributed by atoms with E-state index in [1.807, 2.05) is 0 Å². The molecule has 16 nitrogen and oxygen atoms in total. The molecule has 0 spiro atoms. The van der Waals surface area contributed by atoms with Crippen LogP contribution in [0.15, 0.2) is 72.8 Å². The van der Waals surface area contributed by atoms with E-state index in [0.29, 0.717) is 16.7 Å². The number of aromatic hydroxyl groups is 6. The first-order valence-electron chi connectivity index (χ1n) is 15.0. The van der Waals surface area contributed by atoms with Crippen LogP contribution in [-0.4, -0.2) is 96.4 Å². The van der Waals surface area contributed by atoms with Crippen molar-refractivity contribution in [1.82, 2.24) is 0 Å².